The second-order valence-corrected chi connectivity index (χ2v) is 3.99. The molecule has 12 heavy (non-hydrogen) atoms. The zero-order valence-corrected chi connectivity index (χ0v) is 8.42. The van der Waals surface area contributed by atoms with Crippen molar-refractivity contribution < 1.29 is 0 Å². The Labute approximate surface area is 76.1 Å². The van der Waals surface area contributed by atoms with Crippen molar-refractivity contribution in [2.45, 2.75) is 39.2 Å². The highest BCUT2D eigenvalue weighted by atomic mass is 15.2. The summed E-state index contributed by atoms with van der Waals surface area (Å²) in [6, 6.07) is 0.444. The van der Waals surface area contributed by atoms with Gasteiger partial charge in [-0.05, 0) is 18.9 Å². The predicted molar refractivity (Wildman–Crippen MR) is 53.1 cm³/mol. The number of nitrogens with two attached hydrogens (primary N) is 1. The molecule has 2 heteroatoms. The smallest absolute Gasteiger partial charge is 0.0180 e. The van der Waals surface area contributed by atoms with Crippen LogP contribution < -0.4 is 5.73 Å². The van der Waals surface area contributed by atoms with Gasteiger partial charge in [-0.3, -0.25) is 0 Å². The molecule has 0 aromatic carbocycles. The maximum absolute atomic E-state index is 5.84. The van der Waals surface area contributed by atoms with Crippen molar-refractivity contribution in [3.8, 4) is 0 Å². The Morgan fingerprint density at radius 3 is 2.50 bits per heavy atom. The Morgan fingerprint density at radius 1 is 1.42 bits per heavy atom. The van der Waals surface area contributed by atoms with Crippen molar-refractivity contribution in [2.24, 2.45) is 11.7 Å². The third-order valence-electron chi connectivity index (χ3n) is 2.98. The van der Waals surface area contributed by atoms with Gasteiger partial charge in [0.05, 0.1) is 0 Å². The number of hydrogen-bond acceptors (Lipinski definition) is 2. The molecular weight excluding hydrogens is 148 g/mol. The summed E-state index contributed by atoms with van der Waals surface area (Å²) in [5.41, 5.74) is 5.84. The zero-order chi connectivity index (χ0) is 8.97. The molecule has 0 unspecified atom stereocenters. The van der Waals surface area contributed by atoms with E-state index in [1.807, 2.05) is 0 Å². The lowest BCUT2D eigenvalue weighted by Gasteiger charge is -2.21. The average Bonchev–Trinajstić information content (AvgIpc) is 2.47. The van der Waals surface area contributed by atoms with Crippen molar-refractivity contribution in [1.29, 1.82) is 0 Å². The van der Waals surface area contributed by atoms with Crippen LogP contribution >= 0.6 is 0 Å². The summed E-state index contributed by atoms with van der Waals surface area (Å²) in [6.45, 7) is 8.17. The SMILES string of the molecule is CCC(CC)CN1CC[C@@H](N)C1. The second kappa shape index (κ2) is 4.83. The molecule has 0 saturated carbocycles. The third kappa shape index (κ3) is 2.76. The van der Waals surface area contributed by atoms with Crippen molar-refractivity contribution in [1.82, 2.24) is 4.90 Å². The Bertz CT molecular complexity index is 121. The van der Waals surface area contributed by atoms with Gasteiger partial charge in [-0.25, -0.2) is 0 Å². The molecule has 0 radical (unpaired) electrons. The van der Waals surface area contributed by atoms with E-state index in [0.29, 0.717) is 6.04 Å². The van der Waals surface area contributed by atoms with Crippen LogP contribution in [0, 0.1) is 5.92 Å². The lowest BCUT2D eigenvalue weighted by Crippen LogP contribution is -2.30. The molecule has 2 N–H and O–H groups in total. The number of likely N-dealkylation sites (tertiary alicyclic amines) is 1. The molecule has 0 aromatic heterocycles. The van der Waals surface area contributed by atoms with E-state index in [9.17, 15) is 0 Å². The third-order valence-corrected chi connectivity index (χ3v) is 2.98. The minimum atomic E-state index is 0.444. The fraction of sp³-hybridized carbons (Fsp3) is 1.00. The highest BCUT2D eigenvalue weighted by molar-refractivity contribution is 4.78. The first-order valence-corrected chi connectivity index (χ1v) is 5.24. The Balaban J connectivity index is 2.21. The summed E-state index contributed by atoms with van der Waals surface area (Å²) in [7, 11) is 0. The summed E-state index contributed by atoms with van der Waals surface area (Å²) in [5, 5.41) is 0. The van der Waals surface area contributed by atoms with Gasteiger partial charge < -0.3 is 10.6 Å². The number of rotatable bonds is 4. The largest absolute Gasteiger partial charge is 0.326 e. The van der Waals surface area contributed by atoms with Crippen LogP contribution in [0.3, 0.4) is 0 Å². The summed E-state index contributed by atoms with van der Waals surface area (Å²) in [5.74, 6) is 0.885. The van der Waals surface area contributed by atoms with Gasteiger partial charge in [-0.15, -0.1) is 0 Å². The van der Waals surface area contributed by atoms with Gasteiger partial charge in [0.15, 0.2) is 0 Å². The van der Waals surface area contributed by atoms with Crippen LogP contribution in [0.4, 0.5) is 0 Å². The van der Waals surface area contributed by atoms with Gasteiger partial charge in [-0.1, -0.05) is 26.7 Å². The molecule has 1 saturated heterocycles. The molecule has 0 spiro atoms. The maximum Gasteiger partial charge on any atom is 0.0180 e. The maximum atomic E-state index is 5.84. The molecule has 1 fully saturated rings. The minimum absolute atomic E-state index is 0.444. The number of hydrogen-bond donors (Lipinski definition) is 1. The van der Waals surface area contributed by atoms with Gasteiger partial charge >= 0.3 is 0 Å². The van der Waals surface area contributed by atoms with Crippen LogP contribution in [0.5, 0.6) is 0 Å². The van der Waals surface area contributed by atoms with Crippen LogP contribution in [0.2, 0.25) is 0 Å². The quantitative estimate of drug-likeness (QED) is 0.692. The summed E-state index contributed by atoms with van der Waals surface area (Å²) < 4.78 is 0. The van der Waals surface area contributed by atoms with Crippen LogP contribution in [-0.2, 0) is 0 Å². The number of nitrogens with zero attached hydrogens (tertiary/aromatic N) is 1. The fourth-order valence-corrected chi connectivity index (χ4v) is 1.94. The van der Waals surface area contributed by atoms with E-state index in [4.69, 9.17) is 5.73 Å². The molecule has 1 aliphatic heterocycles. The van der Waals surface area contributed by atoms with Gasteiger partial charge in [0.2, 0.25) is 0 Å². The first-order valence-electron chi connectivity index (χ1n) is 5.24. The zero-order valence-electron chi connectivity index (χ0n) is 8.42. The van der Waals surface area contributed by atoms with Gasteiger partial charge in [0, 0.05) is 19.1 Å². The molecule has 2 nitrogen and oxygen atoms in total. The van der Waals surface area contributed by atoms with Crippen LogP contribution in [0.1, 0.15) is 33.1 Å². The summed E-state index contributed by atoms with van der Waals surface area (Å²) in [4.78, 5) is 2.52. The van der Waals surface area contributed by atoms with Crippen LogP contribution in [-0.4, -0.2) is 30.6 Å². The van der Waals surface area contributed by atoms with E-state index in [1.54, 1.807) is 0 Å². The molecule has 1 heterocycles. The van der Waals surface area contributed by atoms with Crippen molar-refractivity contribution in [2.75, 3.05) is 19.6 Å². The van der Waals surface area contributed by atoms with E-state index < -0.39 is 0 Å². The lowest BCUT2D eigenvalue weighted by molar-refractivity contribution is 0.266. The molecule has 0 bridgehead atoms. The molecule has 0 amide bonds. The van der Waals surface area contributed by atoms with E-state index in [2.05, 4.69) is 18.7 Å². The predicted octanol–water partition coefficient (Wildman–Crippen LogP) is 1.46. The van der Waals surface area contributed by atoms with Crippen molar-refractivity contribution in [3.63, 3.8) is 0 Å². The summed E-state index contributed by atoms with van der Waals surface area (Å²) >= 11 is 0. The van der Waals surface area contributed by atoms with E-state index >= 15 is 0 Å². The highest BCUT2D eigenvalue weighted by Crippen LogP contribution is 2.14. The Kier molecular flexibility index (Phi) is 4.02. The van der Waals surface area contributed by atoms with E-state index in [1.165, 1.54) is 32.4 Å². The topological polar surface area (TPSA) is 29.3 Å². The molecule has 0 aliphatic carbocycles. The standard InChI is InChI=1S/C10H22N2/c1-3-9(4-2)7-12-6-5-10(11)8-12/h9-10H,3-8,11H2,1-2H3/t10-/m1/s1. The molecule has 1 aliphatic rings. The van der Waals surface area contributed by atoms with Crippen LogP contribution in [0.15, 0.2) is 0 Å². The van der Waals surface area contributed by atoms with E-state index in [0.717, 1.165) is 12.5 Å². The monoisotopic (exact) mass is 170 g/mol. The Morgan fingerprint density at radius 2 is 2.08 bits per heavy atom. The minimum Gasteiger partial charge on any atom is -0.326 e. The first kappa shape index (κ1) is 10.0. The van der Waals surface area contributed by atoms with Crippen molar-refractivity contribution in [3.05, 3.63) is 0 Å². The fourth-order valence-electron chi connectivity index (χ4n) is 1.94. The molecule has 72 valence electrons. The Hall–Kier alpha value is -0.0800. The molecule has 1 atom stereocenters. The van der Waals surface area contributed by atoms with Gasteiger partial charge in [-0.2, -0.15) is 0 Å². The van der Waals surface area contributed by atoms with Gasteiger partial charge in [0.25, 0.3) is 0 Å². The van der Waals surface area contributed by atoms with Gasteiger partial charge in [0.1, 0.15) is 0 Å². The van der Waals surface area contributed by atoms with Crippen LogP contribution in [0.25, 0.3) is 0 Å². The second-order valence-electron chi connectivity index (χ2n) is 3.99. The molecule has 0 aromatic rings. The van der Waals surface area contributed by atoms with Crippen molar-refractivity contribution >= 4 is 0 Å². The summed E-state index contributed by atoms with van der Waals surface area (Å²) in [6.07, 6.45) is 3.81. The molecule has 1 rings (SSSR count). The highest BCUT2D eigenvalue weighted by Gasteiger charge is 2.20. The lowest BCUT2D eigenvalue weighted by atomic mass is 10.0. The van der Waals surface area contributed by atoms with E-state index in [-0.39, 0.29) is 0 Å². The first-order chi connectivity index (χ1) is 5.76. The average molecular weight is 170 g/mol. The normalized spacial score (nSPS) is 25.5. The molecular formula is C10H22N2.